The fraction of sp³-hybridized carbons (Fsp3) is 0.425. The van der Waals surface area contributed by atoms with E-state index in [0.717, 1.165) is 22.0 Å². The number of likely N-dealkylation sites (N-methyl/N-ethyl adjacent to an activating group) is 2. The standard InChI is InChI=1S/C40H50N8O7S/c1-25(2)17-31-38-45-33(24-56-38)37(52)44-32(18-28-19-41-30-14-10-9-13-29(28)30)40(54)47(5)20-34(49)42-26(3)39(53)46(4)15-16-48(21-35(50)43-31)36(51)23-55-22-27-11-7-6-8-12-27/h6-14,19,24-26,31-32,41H,15-18,20-23H2,1-5H3,(H,42,49)(H,43,50)(H,44,52)/t26-,31-,32+/m0/s1. The van der Waals surface area contributed by atoms with Crippen molar-refractivity contribution in [3.63, 3.8) is 0 Å². The lowest BCUT2D eigenvalue weighted by Gasteiger charge is -2.28. The Morgan fingerprint density at radius 2 is 1.59 bits per heavy atom. The predicted octanol–water partition coefficient (Wildman–Crippen LogP) is 2.65. The molecule has 4 aromatic rings. The van der Waals surface area contributed by atoms with E-state index in [4.69, 9.17) is 4.74 Å². The van der Waals surface area contributed by atoms with Crippen LogP contribution in [0.1, 0.15) is 59.9 Å². The number of nitrogens with one attached hydrogen (secondary N) is 4. The Hall–Kier alpha value is -5.61. The van der Waals surface area contributed by atoms with Crippen LogP contribution >= 0.6 is 11.3 Å². The average molecular weight is 787 g/mol. The Balaban J connectivity index is 1.41. The van der Waals surface area contributed by atoms with Gasteiger partial charge in [0, 0.05) is 56.1 Å². The zero-order valence-corrected chi connectivity index (χ0v) is 33.2. The molecule has 0 fully saturated rings. The summed E-state index contributed by atoms with van der Waals surface area (Å²) in [4.78, 5) is 93.1. The van der Waals surface area contributed by atoms with Crippen molar-refractivity contribution in [1.29, 1.82) is 0 Å². The van der Waals surface area contributed by atoms with Gasteiger partial charge < -0.3 is 40.4 Å². The normalized spacial score (nSPS) is 19.8. The molecule has 0 unspecified atom stereocenters. The highest BCUT2D eigenvalue weighted by molar-refractivity contribution is 7.09. The van der Waals surface area contributed by atoms with Crippen LogP contribution in [0.15, 0.2) is 66.2 Å². The molecule has 0 spiro atoms. The second-order valence-corrected chi connectivity index (χ2v) is 15.3. The zero-order chi connectivity index (χ0) is 40.4. The van der Waals surface area contributed by atoms with Crippen molar-refractivity contribution in [2.45, 2.75) is 58.3 Å². The number of H-pyrrole nitrogens is 1. The van der Waals surface area contributed by atoms with Crippen molar-refractivity contribution in [1.82, 2.24) is 40.6 Å². The largest absolute Gasteiger partial charge is 0.367 e. The van der Waals surface area contributed by atoms with Crippen LogP contribution in [0.4, 0.5) is 0 Å². The summed E-state index contributed by atoms with van der Waals surface area (Å²) >= 11 is 1.20. The van der Waals surface area contributed by atoms with Crippen molar-refractivity contribution in [3.8, 4) is 0 Å². The van der Waals surface area contributed by atoms with E-state index >= 15 is 0 Å². The molecule has 5 rings (SSSR count). The maximum Gasteiger partial charge on any atom is 0.271 e. The summed E-state index contributed by atoms with van der Waals surface area (Å²) in [5.74, 6) is -2.90. The lowest BCUT2D eigenvalue weighted by molar-refractivity contribution is -0.142. The van der Waals surface area contributed by atoms with Gasteiger partial charge in [-0.15, -0.1) is 11.3 Å². The third kappa shape index (κ3) is 11.2. The number of carbonyl (C=O) groups is 6. The molecule has 4 N–H and O–H groups in total. The van der Waals surface area contributed by atoms with Gasteiger partial charge in [-0.3, -0.25) is 28.8 Å². The molecule has 16 heteroatoms. The molecule has 298 valence electrons. The Kier molecular flexibility index (Phi) is 14.3. The number of rotatable bonds is 8. The summed E-state index contributed by atoms with van der Waals surface area (Å²) in [6, 6.07) is 14.3. The number of para-hydroxylation sites is 1. The van der Waals surface area contributed by atoms with Gasteiger partial charge >= 0.3 is 0 Å². The van der Waals surface area contributed by atoms with Crippen LogP contribution in [-0.4, -0.2) is 119 Å². The van der Waals surface area contributed by atoms with Crippen LogP contribution in [0.25, 0.3) is 10.9 Å². The third-order valence-electron chi connectivity index (χ3n) is 9.41. The fourth-order valence-corrected chi connectivity index (χ4v) is 7.31. The maximum atomic E-state index is 13.9. The first-order valence-corrected chi connectivity index (χ1v) is 19.5. The van der Waals surface area contributed by atoms with Crippen LogP contribution in [0.2, 0.25) is 0 Å². The number of ether oxygens (including phenoxy) is 1. The highest BCUT2D eigenvalue weighted by Crippen LogP contribution is 2.25. The zero-order valence-electron chi connectivity index (χ0n) is 32.4. The van der Waals surface area contributed by atoms with E-state index in [1.54, 1.807) is 18.6 Å². The average Bonchev–Trinajstić information content (AvgIpc) is 3.83. The highest BCUT2D eigenvalue weighted by atomic mass is 32.1. The molecular formula is C40H50N8O7S. The van der Waals surface area contributed by atoms with Gasteiger partial charge in [0.2, 0.25) is 29.5 Å². The first-order chi connectivity index (χ1) is 26.8. The lowest BCUT2D eigenvalue weighted by Crippen LogP contribution is -2.53. The van der Waals surface area contributed by atoms with E-state index in [2.05, 4.69) is 25.9 Å². The summed E-state index contributed by atoms with van der Waals surface area (Å²) in [5, 5.41) is 11.4. The van der Waals surface area contributed by atoms with Crippen molar-refractivity contribution < 1.29 is 33.5 Å². The fourth-order valence-electron chi connectivity index (χ4n) is 6.44. The molecule has 2 aromatic heterocycles. The van der Waals surface area contributed by atoms with E-state index in [1.807, 2.05) is 68.4 Å². The molecule has 0 saturated carbocycles. The number of aromatic amines is 1. The second kappa shape index (κ2) is 19.3. The number of carbonyl (C=O) groups excluding carboxylic acids is 6. The van der Waals surface area contributed by atoms with Gasteiger partial charge in [0.1, 0.15) is 29.4 Å². The molecule has 0 radical (unpaired) electrons. The summed E-state index contributed by atoms with van der Waals surface area (Å²) in [6.07, 6.45) is 2.40. The van der Waals surface area contributed by atoms with Crippen molar-refractivity contribution in [2.75, 3.05) is 46.9 Å². The molecule has 3 atom stereocenters. The second-order valence-electron chi connectivity index (χ2n) is 14.4. The van der Waals surface area contributed by atoms with Crippen molar-refractivity contribution >= 4 is 57.7 Å². The Labute approximate surface area is 330 Å². The van der Waals surface area contributed by atoms with E-state index in [0.29, 0.717) is 11.4 Å². The van der Waals surface area contributed by atoms with Crippen LogP contribution in [0.5, 0.6) is 0 Å². The number of hydrogen-bond acceptors (Lipinski definition) is 9. The van der Waals surface area contributed by atoms with Crippen LogP contribution in [0, 0.1) is 5.92 Å². The number of aromatic nitrogens is 2. The molecular weight excluding hydrogens is 737 g/mol. The van der Waals surface area contributed by atoms with Crippen LogP contribution in [-0.2, 0) is 41.7 Å². The monoisotopic (exact) mass is 786 g/mol. The molecule has 0 aliphatic carbocycles. The minimum atomic E-state index is -1.07. The number of fused-ring (bicyclic) bond motifs is 3. The number of thiazole rings is 1. The quantitative estimate of drug-likeness (QED) is 0.210. The first-order valence-electron chi connectivity index (χ1n) is 18.6. The summed E-state index contributed by atoms with van der Waals surface area (Å²) < 4.78 is 5.69. The van der Waals surface area contributed by atoms with Crippen molar-refractivity contribution in [3.05, 3.63) is 88.0 Å². The minimum absolute atomic E-state index is 0.00926. The van der Waals surface area contributed by atoms with Gasteiger partial charge in [-0.1, -0.05) is 62.4 Å². The molecule has 15 nitrogen and oxygen atoms in total. The van der Waals surface area contributed by atoms with Gasteiger partial charge in [0.05, 0.1) is 25.7 Å². The third-order valence-corrected chi connectivity index (χ3v) is 10.4. The molecule has 0 saturated heterocycles. The van der Waals surface area contributed by atoms with Gasteiger partial charge in [-0.05, 0) is 36.5 Å². The lowest BCUT2D eigenvalue weighted by atomic mass is 10.0. The van der Waals surface area contributed by atoms with Crippen LogP contribution in [0.3, 0.4) is 0 Å². The summed E-state index contributed by atoms with van der Waals surface area (Å²) in [7, 11) is 3.00. The number of hydrogen-bond donors (Lipinski definition) is 4. The minimum Gasteiger partial charge on any atom is -0.367 e. The Bertz CT molecular complexity index is 2010. The molecule has 6 amide bonds. The van der Waals surface area contributed by atoms with Gasteiger partial charge in [0.25, 0.3) is 5.91 Å². The number of benzene rings is 2. The first kappa shape index (κ1) is 41.6. The maximum absolute atomic E-state index is 13.9. The molecule has 2 aromatic carbocycles. The predicted molar refractivity (Wildman–Crippen MR) is 211 cm³/mol. The molecule has 56 heavy (non-hydrogen) atoms. The van der Waals surface area contributed by atoms with E-state index in [9.17, 15) is 28.8 Å². The molecule has 1 aliphatic rings. The Morgan fingerprint density at radius 1 is 0.875 bits per heavy atom. The van der Waals surface area contributed by atoms with E-state index in [-0.39, 0.29) is 57.4 Å². The van der Waals surface area contributed by atoms with Gasteiger partial charge in [-0.2, -0.15) is 0 Å². The Morgan fingerprint density at radius 3 is 2.34 bits per heavy atom. The SMILES string of the molecule is CC(C)C[C@@H]1NC(=O)CN(C(=O)COCc2ccccc2)CCN(C)C(=O)[C@H](C)NC(=O)CN(C)C(=O)[C@@H](Cc2c[nH]c3ccccc23)NC(=O)c2csc1n2. The summed E-state index contributed by atoms with van der Waals surface area (Å²) in [5.41, 5.74) is 2.61. The highest BCUT2D eigenvalue weighted by Gasteiger charge is 2.30. The molecule has 2 bridgehead atoms. The van der Waals surface area contributed by atoms with Gasteiger partial charge in [0.15, 0.2) is 0 Å². The van der Waals surface area contributed by atoms with Crippen molar-refractivity contribution in [2.24, 2.45) is 5.92 Å². The number of amides is 6. The topological polar surface area (TPSA) is 186 Å². The van der Waals surface area contributed by atoms with E-state index in [1.165, 1.54) is 40.0 Å². The van der Waals surface area contributed by atoms with Crippen LogP contribution < -0.4 is 16.0 Å². The van der Waals surface area contributed by atoms with E-state index < -0.39 is 53.6 Å². The smallest absolute Gasteiger partial charge is 0.271 e. The molecule has 3 heterocycles. The summed E-state index contributed by atoms with van der Waals surface area (Å²) in [6.45, 7) is 4.80. The molecule has 1 aliphatic heterocycles. The van der Waals surface area contributed by atoms with Gasteiger partial charge in [-0.25, -0.2) is 4.98 Å². The number of nitrogens with zero attached hydrogens (tertiary/aromatic N) is 4.